The van der Waals surface area contributed by atoms with Crippen LogP contribution in [0.2, 0.25) is 0 Å². The number of hydrogen-bond donors (Lipinski definition) is 6. The molecule has 0 saturated heterocycles. The number of carbonyl (C=O) groups is 2. The highest BCUT2D eigenvalue weighted by Gasteiger charge is 2.12. The van der Waals surface area contributed by atoms with Gasteiger partial charge in [-0.2, -0.15) is 0 Å². The maximum atomic E-state index is 9.88. The number of carbonyl (C=O) groups excluding carboxylic acids is 2. The van der Waals surface area contributed by atoms with Gasteiger partial charge in [0.25, 0.3) is 0 Å². The Morgan fingerprint density at radius 1 is 0.359 bits per heavy atom. The van der Waals surface area contributed by atoms with Gasteiger partial charge in [0.1, 0.15) is 46.1 Å². The van der Waals surface area contributed by atoms with Crippen LogP contribution in [0.25, 0.3) is 33.4 Å². The second-order valence-electron chi connectivity index (χ2n) is 8.83. The van der Waals surface area contributed by atoms with Crippen molar-refractivity contribution in [1.29, 1.82) is 0 Å². The number of phenols is 6. The molecule has 9 heteroatoms. The zero-order valence-electron chi connectivity index (χ0n) is 21.9. The molecule has 39 heavy (non-hydrogen) atoms. The second kappa shape index (κ2) is 14.1. The number of rotatable bonds is 3. The van der Waals surface area contributed by atoms with Crippen LogP contribution in [-0.4, -0.2) is 47.7 Å². The summed E-state index contributed by atoms with van der Waals surface area (Å²) in [7, 11) is 0. The number of ketones is 2. The highest BCUT2D eigenvalue weighted by molar-refractivity contribution is 5.83. The molecule has 4 aromatic rings. The van der Waals surface area contributed by atoms with Gasteiger partial charge < -0.3 is 45.7 Å². The van der Waals surface area contributed by atoms with E-state index in [1.807, 2.05) is 0 Å². The summed E-state index contributed by atoms with van der Waals surface area (Å²) >= 11 is 0. The predicted molar refractivity (Wildman–Crippen MR) is 149 cm³/mol. The lowest BCUT2D eigenvalue weighted by molar-refractivity contribution is -0.115. The summed E-state index contributed by atoms with van der Waals surface area (Å²) in [4.78, 5) is 18.9. The fraction of sp³-hybridized carbons (Fsp3) is 0.133. The normalized spacial score (nSPS) is 9.64. The molecule has 0 saturated carbocycles. The van der Waals surface area contributed by atoms with Gasteiger partial charge in [0.2, 0.25) is 0 Å². The monoisotopic (exact) mass is 536 g/mol. The van der Waals surface area contributed by atoms with Gasteiger partial charge in [-0.1, -0.05) is 0 Å². The SMILES string of the molecule is CC(C)=O.CC(C)=O.O.Oc1cc(O)cc(-c2cc(-c3cc(O)cc(O)c3)cc(-c3cc(O)cc(O)c3)c2)c1. The molecule has 0 bridgehead atoms. The van der Waals surface area contributed by atoms with Crippen LogP contribution in [0.5, 0.6) is 34.5 Å². The van der Waals surface area contributed by atoms with Crippen LogP contribution in [0.3, 0.4) is 0 Å². The Balaban J connectivity index is 0.000000748. The van der Waals surface area contributed by atoms with Crippen molar-refractivity contribution in [3.8, 4) is 67.9 Å². The molecule has 0 fully saturated rings. The molecule has 0 unspecified atom stereocenters. The van der Waals surface area contributed by atoms with Crippen LogP contribution in [0.4, 0.5) is 0 Å². The van der Waals surface area contributed by atoms with Crippen LogP contribution in [0, 0.1) is 0 Å². The third kappa shape index (κ3) is 10.5. The molecule has 0 aliphatic heterocycles. The lowest BCUT2D eigenvalue weighted by Gasteiger charge is -2.13. The third-order valence-corrected chi connectivity index (χ3v) is 4.64. The van der Waals surface area contributed by atoms with Gasteiger partial charge in [-0.15, -0.1) is 0 Å². The molecule has 0 spiro atoms. The quantitative estimate of drug-likeness (QED) is 0.204. The molecule has 0 aliphatic carbocycles. The topological polar surface area (TPSA) is 187 Å². The van der Waals surface area contributed by atoms with Crippen molar-refractivity contribution < 1.29 is 45.7 Å². The maximum Gasteiger partial charge on any atom is 0.126 e. The van der Waals surface area contributed by atoms with E-state index in [4.69, 9.17) is 0 Å². The van der Waals surface area contributed by atoms with Gasteiger partial charge in [-0.05, 0) is 116 Å². The molecule has 9 nitrogen and oxygen atoms in total. The van der Waals surface area contributed by atoms with Crippen molar-refractivity contribution in [3.63, 3.8) is 0 Å². The van der Waals surface area contributed by atoms with Crippen molar-refractivity contribution in [2.24, 2.45) is 0 Å². The van der Waals surface area contributed by atoms with Gasteiger partial charge in [-0.3, -0.25) is 0 Å². The first-order valence-corrected chi connectivity index (χ1v) is 11.4. The van der Waals surface area contributed by atoms with E-state index in [9.17, 15) is 40.2 Å². The molecular formula is C30H32O9. The first-order chi connectivity index (χ1) is 17.7. The average Bonchev–Trinajstić information content (AvgIpc) is 2.76. The Hall–Kier alpha value is -5.02. The molecule has 0 aromatic heterocycles. The molecular weight excluding hydrogens is 504 g/mol. The smallest absolute Gasteiger partial charge is 0.126 e. The maximum absolute atomic E-state index is 9.88. The van der Waals surface area contributed by atoms with Crippen LogP contribution in [0.15, 0.2) is 72.8 Å². The standard InChI is InChI=1S/C24H18O6.2C3H6O.H2O/c25-19-4-16(5-20(26)10-19)13-1-14(17-6-21(27)11-22(28)7-17)3-15(2-13)18-8-23(29)12-24(30)9-18;2*1-3(2)4;/h1-12,25-30H;2*1-2H3;1H2. The Morgan fingerprint density at radius 3 is 0.641 bits per heavy atom. The molecule has 206 valence electrons. The molecule has 0 amide bonds. The summed E-state index contributed by atoms with van der Waals surface area (Å²) in [6, 6.07) is 17.9. The Kier molecular flexibility index (Phi) is 11.5. The van der Waals surface area contributed by atoms with E-state index in [1.165, 1.54) is 82.3 Å². The summed E-state index contributed by atoms with van der Waals surface area (Å²) in [6.07, 6.45) is 0. The fourth-order valence-electron chi connectivity index (χ4n) is 3.41. The van der Waals surface area contributed by atoms with Gasteiger partial charge in [0, 0.05) is 18.2 Å². The number of Topliss-reactive ketones (excluding diaryl/α,β-unsaturated/α-hetero) is 2. The van der Waals surface area contributed by atoms with Crippen LogP contribution < -0.4 is 0 Å². The van der Waals surface area contributed by atoms with Crippen molar-refractivity contribution in [2.75, 3.05) is 0 Å². The average molecular weight is 537 g/mol. The molecule has 8 N–H and O–H groups in total. The minimum absolute atomic E-state index is 0. The van der Waals surface area contributed by atoms with Crippen LogP contribution in [-0.2, 0) is 9.59 Å². The van der Waals surface area contributed by atoms with Crippen molar-refractivity contribution in [2.45, 2.75) is 27.7 Å². The van der Waals surface area contributed by atoms with E-state index < -0.39 is 0 Å². The fourth-order valence-corrected chi connectivity index (χ4v) is 3.41. The predicted octanol–water partition coefficient (Wildman–Crippen LogP) is 5.29. The molecule has 4 aromatic carbocycles. The molecule has 4 rings (SSSR count). The van der Waals surface area contributed by atoms with Gasteiger partial charge in [0.15, 0.2) is 0 Å². The molecule has 0 atom stereocenters. The van der Waals surface area contributed by atoms with Gasteiger partial charge >= 0.3 is 0 Å². The Morgan fingerprint density at radius 2 is 0.487 bits per heavy atom. The second-order valence-corrected chi connectivity index (χ2v) is 8.83. The Bertz CT molecular complexity index is 1210. The van der Waals surface area contributed by atoms with Crippen LogP contribution >= 0.6 is 0 Å². The molecule has 0 heterocycles. The minimum atomic E-state index is -0.109. The number of hydrogen-bond acceptors (Lipinski definition) is 8. The summed E-state index contributed by atoms with van der Waals surface area (Å²) < 4.78 is 0. The molecule has 0 radical (unpaired) electrons. The molecule has 0 aliphatic rings. The van der Waals surface area contributed by atoms with E-state index in [-0.39, 0.29) is 51.5 Å². The Labute approximate surface area is 225 Å². The van der Waals surface area contributed by atoms with Crippen molar-refractivity contribution in [3.05, 3.63) is 72.8 Å². The van der Waals surface area contributed by atoms with Crippen molar-refractivity contribution in [1.82, 2.24) is 0 Å². The number of benzene rings is 4. The van der Waals surface area contributed by atoms with Crippen molar-refractivity contribution >= 4 is 11.6 Å². The number of phenolic OH excluding ortho intramolecular Hbond substituents is 6. The van der Waals surface area contributed by atoms with E-state index in [0.717, 1.165) is 0 Å². The first kappa shape index (κ1) is 32.0. The van der Waals surface area contributed by atoms with E-state index in [2.05, 4.69) is 0 Å². The van der Waals surface area contributed by atoms with Gasteiger partial charge in [-0.25, -0.2) is 0 Å². The largest absolute Gasteiger partial charge is 0.508 e. The zero-order valence-corrected chi connectivity index (χ0v) is 21.9. The van der Waals surface area contributed by atoms with Gasteiger partial charge in [0.05, 0.1) is 0 Å². The summed E-state index contributed by atoms with van der Waals surface area (Å²) in [5, 5.41) is 59.3. The third-order valence-electron chi connectivity index (χ3n) is 4.64. The zero-order chi connectivity index (χ0) is 28.6. The highest BCUT2D eigenvalue weighted by Crippen LogP contribution is 2.38. The lowest BCUT2D eigenvalue weighted by Crippen LogP contribution is -1.87. The minimum Gasteiger partial charge on any atom is -0.508 e. The highest BCUT2D eigenvalue weighted by atomic mass is 16.3. The summed E-state index contributed by atoms with van der Waals surface area (Å²) in [6.45, 7) is 6.11. The van der Waals surface area contributed by atoms with E-state index in [1.54, 1.807) is 18.2 Å². The summed E-state index contributed by atoms with van der Waals surface area (Å²) in [5.41, 5.74) is 3.47. The van der Waals surface area contributed by atoms with E-state index >= 15 is 0 Å². The van der Waals surface area contributed by atoms with E-state index in [0.29, 0.717) is 33.4 Å². The number of aromatic hydroxyl groups is 6. The first-order valence-electron chi connectivity index (χ1n) is 11.4. The summed E-state index contributed by atoms with van der Waals surface area (Å²) in [5.74, 6) is -0.322. The lowest BCUT2D eigenvalue weighted by atomic mass is 9.93. The van der Waals surface area contributed by atoms with Crippen LogP contribution in [0.1, 0.15) is 27.7 Å².